The van der Waals surface area contributed by atoms with E-state index in [1.807, 2.05) is 48.5 Å². The van der Waals surface area contributed by atoms with Crippen LogP contribution in [0.1, 0.15) is 35.1 Å². The maximum absolute atomic E-state index is 14.1. The molecule has 8 rings (SSSR count). The summed E-state index contributed by atoms with van der Waals surface area (Å²) in [4.78, 5) is 42.8. The Hall–Kier alpha value is -3.93. The highest BCUT2D eigenvalue weighted by Crippen LogP contribution is 2.64. The van der Waals surface area contributed by atoms with E-state index in [-0.39, 0.29) is 30.3 Å². The number of benzene rings is 3. The van der Waals surface area contributed by atoms with E-state index in [1.54, 1.807) is 18.2 Å². The number of hydrogen-bond donors (Lipinski definition) is 0. The number of Topliss-reactive ketones (excluding diaryl/α,β-unsaturated/α-hetero) is 1. The molecule has 5 aliphatic rings. The van der Waals surface area contributed by atoms with Crippen molar-refractivity contribution < 1.29 is 23.9 Å². The molecule has 0 spiro atoms. The third kappa shape index (κ3) is 2.02. The summed E-state index contributed by atoms with van der Waals surface area (Å²) in [6.45, 7) is 1.64. The average molecular weight is 437 g/mol. The molecule has 0 saturated carbocycles. The van der Waals surface area contributed by atoms with Gasteiger partial charge in [0, 0.05) is 12.0 Å². The van der Waals surface area contributed by atoms with E-state index in [2.05, 4.69) is 0 Å². The van der Waals surface area contributed by atoms with Crippen LogP contribution < -0.4 is 14.4 Å². The number of carbonyl (C=O) groups is 3. The van der Waals surface area contributed by atoms with E-state index in [4.69, 9.17) is 9.47 Å². The van der Waals surface area contributed by atoms with Gasteiger partial charge in [0.15, 0.2) is 11.5 Å². The molecule has 6 nitrogen and oxygen atoms in total. The van der Waals surface area contributed by atoms with Crippen LogP contribution in [0.15, 0.2) is 66.7 Å². The van der Waals surface area contributed by atoms with Crippen molar-refractivity contribution in [3.05, 3.63) is 89.0 Å². The number of imide groups is 1. The van der Waals surface area contributed by atoms with Crippen LogP contribution in [0.25, 0.3) is 0 Å². The van der Waals surface area contributed by atoms with Crippen LogP contribution in [-0.4, -0.2) is 24.4 Å². The Morgan fingerprint density at radius 3 is 2.18 bits per heavy atom. The van der Waals surface area contributed by atoms with E-state index >= 15 is 0 Å². The monoisotopic (exact) mass is 437 g/mol. The Morgan fingerprint density at radius 1 is 0.879 bits per heavy atom. The van der Waals surface area contributed by atoms with Gasteiger partial charge >= 0.3 is 0 Å². The fraction of sp³-hybridized carbons (Fsp3) is 0.222. The van der Waals surface area contributed by atoms with E-state index in [0.717, 1.165) is 22.3 Å². The molecule has 0 unspecified atom stereocenters. The van der Waals surface area contributed by atoms with Gasteiger partial charge in [0.05, 0.1) is 22.9 Å². The number of hydrogen-bond acceptors (Lipinski definition) is 5. The number of rotatable bonds is 2. The highest BCUT2D eigenvalue weighted by molar-refractivity contribution is 6.25. The summed E-state index contributed by atoms with van der Waals surface area (Å²) in [6.07, 6.45) is 0. The molecule has 2 amide bonds. The summed E-state index contributed by atoms with van der Waals surface area (Å²) < 4.78 is 10.9. The van der Waals surface area contributed by atoms with Crippen molar-refractivity contribution in [2.75, 3.05) is 11.7 Å². The fourth-order valence-corrected chi connectivity index (χ4v) is 6.65. The smallest absolute Gasteiger partial charge is 0.239 e. The lowest BCUT2D eigenvalue weighted by molar-refractivity contribution is -0.132. The molecule has 3 aromatic carbocycles. The summed E-state index contributed by atoms with van der Waals surface area (Å²) >= 11 is 0. The summed E-state index contributed by atoms with van der Waals surface area (Å²) in [5.74, 6) is -1.37. The first kappa shape index (κ1) is 18.6. The molecule has 33 heavy (non-hydrogen) atoms. The van der Waals surface area contributed by atoms with Crippen LogP contribution in [0.2, 0.25) is 0 Å². The van der Waals surface area contributed by atoms with Gasteiger partial charge in [-0.25, -0.2) is 4.90 Å². The van der Waals surface area contributed by atoms with Crippen molar-refractivity contribution in [1.29, 1.82) is 0 Å². The summed E-state index contributed by atoms with van der Waals surface area (Å²) in [5.41, 5.74) is 2.86. The zero-order chi connectivity index (χ0) is 22.5. The van der Waals surface area contributed by atoms with Gasteiger partial charge in [0.1, 0.15) is 5.78 Å². The highest BCUT2D eigenvalue weighted by Gasteiger charge is 2.70. The van der Waals surface area contributed by atoms with Crippen molar-refractivity contribution >= 4 is 23.3 Å². The van der Waals surface area contributed by atoms with Gasteiger partial charge in [-0.05, 0) is 41.3 Å². The van der Waals surface area contributed by atoms with E-state index in [0.29, 0.717) is 17.2 Å². The standard InChI is InChI=1S/C27H19NO5/c1-14(29)27-18-8-4-2-6-16(18)22(17-7-3-5-9-19(17)27)23-24(27)26(31)28(25(23)30)15-10-11-20-21(12-15)33-13-32-20/h2-12,22-24H,13H2,1H3/t22?,23-,24-,27?/m0/s1. The number of nitrogens with zero attached hydrogens (tertiary/aromatic N) is 1. The van der Waals surface area contributed by atoms with Crippen LogP contribution in [-0.2, 0) is 19.8 Å². The Labute approximate surface area is 189 Å². The Kier molecular flexibility index (Phi) is 3.44. The predicted molar refractivity (Wildman–Crippen MR) is 118 cm³/mol. The van der Waals surface area contributed by atoms with E-state index in [9.17, 15) is 14.4 Å². The molecule has 0 radical (unpaired) electrons. The largest absolute Gasteiger partial charge is 0.454 e. The number of fused-ring (bicyclic) bond motifs is 1. The van der Waals surface area contributed by atoms with Crippen molar-refractivity contribution in [3.8, 4) is 11.5 Å². The summed E-state index contributed by atoms with van der Waals surface area (Å²) in [7, 11) is 0. The van der Waals surface area contributed by atoms with Crippen LogP contribution in [0.4, 0.5) is 5.69 Å². The van der Waals surface area contributed by atoms with Gasteiger partial charge in [-0.15, -0.1) is 0 Å². The molecule has 0 aromatic heterocycles. The quantitative estimate of drug-likeness (QED) is 0.574. The highest BCUT2D eigenvalue weighted by atomic mass is 16.7. The molecule has 2 bridgehead atoms. The maximum Gasteiger partial charge on any atom is 0.239 e. The molecule has 2 heterocycles. The second-order valence-electron chi connectivity index (χ2n) is 9.07. The Bertz CT molecular complexity index is 1360. The van der Waals surface area contributed by atoms with Gasteiger partial charge in [-0.1, -0.05) is 48.5 Å². The first-order valence-corrected chi connectivity index (χ1v) is 11.0. The summed E-state index contributed by atoms with van der Waals surface area (Å²) in [5, 5.41) is 0. The zero-order valence-electron chi connectivity index (χ0n) is 17.8. The summed E-state index contributed by atoms with van der Waals surface area (Å²) in [6, 6.07) is 20.6. The molecular weight excluding hydrogens is 418 g/mol. The topological polar surface area (TPSA) is 72.9 Å². The first-order valence-electron chi connectivity index (χ1n) is 11.0. The molecule has 3 aliphatic carbocycles. The molecule has 2 atom stereocenters. The lowest BCUT2D eigenvalue weighted by Crippen LogP contribution is -2.57. The minimum atomic E-state index is -1.19. The van der Waals surface area contributed by atoms with Gasteiger partial charge < -0.3 is 9.47 Å². The minimum absolute atomic E-state index is 0.103. The van der Waals surface area contributed by atoms with Crippen LogP contribution >= 0.6 is 0 Å². The lowest BCUT2D eigenvalue weighted by atomic mass is 9.46. The third-order valence-electron chi connectivity index (χ3n) is 7.79. The van der Waals surface area contributed by atoms with Gasteiger partial charge in [0.2, 0.25) is 18.6 Å². The molecule has 2 aliphatic heterocycles. The molecule has 1 saturated heterocycles. The zero-order valence-corrected chi connectivity index (χ0v) is 17.8. The molecule has 162 valence electrons. The van der Waals surface area contributed by atoms with E-state index < -0.39 is 17.3 Å². The minimum Gasteiger partial charge on any atom is -0.454 e. The first-order chi connectivity index (χ1) is 16.0. The average Bonchev–Trinajstić information content (AvgIpc) is 3.41. The predicted octanol–water partition coefficient (Wildman–Crippen LogP) is 3.56. The molecule has 6 heteroatoms. The lowest BCUT2D eigenvalue weighted by Gasteiger charge is -2.52. The van der Waals surface area contributed by atoms with Crippen molar-refractivity contribution in [3.63, 3.8) is 0 Å². The normalized spacial score (nSPS) is 27.9. The number of amides is 2. The van der Waals surface area contributed by atoms with Crippen LogP contribution in [0.3, 0.4) is 0 Å². The molecule has 3 aromatic rings. The fourth-order valence-electron chi connectivity index (χ4n) is 6.65. The number of ether oxygens (including phenoxy) is 2. The van der Waals surface area contributed by atoms with Crippen LogP contribution in [0, 0.1) is 11.8 Å². The van der Waals surface area contributed by atoms with Gasteiger partial charge in [0.25, 0.3) is 0 Å². The van der Waals surface area contributed by atoms with Gasteiger partial charge in [-0.3, -0.25) is 14.4 Å². The second kappa shape index (κ2) is 6.10. The molecule has 1 fully saturated rings. The second-order valence-corrected chi connectivity index (χ2v) is 9.07. The van der Waals surface area contributed by atoms with Crippen molar-refractivity contribution in [1.82, 2.24) is 0 Å². The number of anilines is 1. The van der Waals surface area contributed by atoms with Gasteiger partial charge in [-0.2, -0.15) is 0 Å². The Balaban J connectivity index is 1.50. The SMILES string of the molecule is CC(=O)C12c3ccccc3C(c3ccccc31)[C@@H]1C(=O)N(c3ccc4c(c3)OCO4)C(=O)[C@H]12. The van der Waals surface area contributed by atoms with Crippen molar-refractivity contribution in [2.45, 2.75) is 18.3 Å². The maximum atomic E-state index is 14.1. The number of carbonyl (C=O) groups excluding carboxylic acids is 3. The van der Waals surface area contributed by atoms with E-state index in [1.165, 1.54) is 11.8 Å². The third-order valence-corrected chi connectivity index (χ3v) is 7.79. The molecular formula is C27H19NO5. The van der Waals surface area contributed by atoms with Crippen LogP contribution in [0.5, 0.6) is 11.5 Å². The Morgan fingerprint density at radius 2 is 1.52 bits per heavy atom. The molecule has 0 N–H and O–H groups in total. The number of ketones is 1. The van der Waals surface area contributed by atoms with Crippen molar-refractivity contribution in [2.24, 2.45) is 11.8 Å².